The van der Waals surface area contributed by atoms with Crippen molar-refractivity contribution >= 4 is 22.8 Å². The number of likely N-dealkylation sites (tertiary alicyclic amines) is 1. The zero-order chi connectivity index (χ0) is 19.0. The van der Waals surface area contributed by atoms with E-state index in [2.05, 4.69) is 14.8 Å². The Morgan fingerprint density at radius 1 is 1.19 bits per heavy atom. The number of benzene rings is 1. The molecule has 1 amide bonds. The second-order valence-electron chi connectivity index (χ2n) is 7.61. The third-order valence-electron chi connectivity index (χ3n) is 5.86. The molecule has 0 radical (unpaired) electrons. The number of carbonyl (C=O) groups is 2. The number of hydrogen-bond donors (Lipinski definition) is 2. The molecule has 7 nitrogen and oxygen atoms in total. The topological polar surface area (TPSA) is 79.9 Å². The van der Waals surface area contributed by atoms with E-state index in [0.29, 0.717) is 0 Å². The lowest BCUT2D eigenvalue weighted by molar-refractivity contribution is -0.137. The van der Waals surface area contributed by atoms with Crippen LogP contribution in [0.2, 0.25) is 0 Å². The molecule has 1 aromatic carbocycles. The minimum atomic E-state index is -0.943. The summed E-state index contributed by atoms with van der Waals surface area (Å²) in [5, 5.41) is 10.1. The number of carbonyl (C=O) groups excluding carboxylic acids is 1. The van der Waals surface area contributed by atoms with Crippen molar-refractivity contribution in [2.45, 2.75) is 25.4 Å². The first-order valence-corrected chi connectivity index (χ1v) is 9.58. The Morgan fingerprint density at radius 2 is 1.96 bits per heavy atom. The minimum Gasteiger partial charge on any atom is -0.477 e. The Balaban J connectivity index is 1.40. The molecule has 0 aliphatic carbocycles. The first kappa shape index (κ1) is 18.0. The molecule has 2 aromatic rings. The molecule has 0 saturated carbocycles. The minimum absolute atomic E-state index is 0.0543. The fourth-order valence-electron chi connectivity index (χ4n) is 4.27. The molecule has 2 aliphatic heterocycles. The number of nitrogens with one attached hydrogen (secondary N) is 1. The molecular formula is C20H26N4O3. The first-order valence-electron chi connectivity index (χ1n) is 9.58. The summed E-state index contributed by atoms with van der Waals surface area (Å²) in [5.74, 6) is -0.673. The number of H-pyrrole nitrogens is 1. The Kier molecular flexibility index (Phi) is 4.88. The van der Waals surface area contributed by atoms with Gasteiger partial charge in [0.25, 0.3) is 0 Å². The van der Waals surface area contributed by atoms with Gasteiger partial charge in [0.2, 0.25) is 5.91 Å². The highest BCUT2D eigenvalue weighted by atomic mass is 16.4. The van der Waals surface area contributed by atoms with E-state index in [1.165, 1.54) is 0 Å². The van der Waals surface area contributed by atoms with Crippen LogP contribution in [0.3, 0.4) is 0 Å². The van der Waals surface area contributed by atoms with Crippen molar-refractivity contribution in [3.05, 3.63) is 35.5 Å². The fraction of sp³-hybridized carbons (Fsp3) is 0.500. The van der Waals surface area contributed by atoms with Gasteiger partial charge in [0.1, 0.15) is 5.69 Å². The Hall–Kier alpha value is -2.38. The number of likely N-dealkylation sites (N-methyl/N-ethyl adjacent to an activating group) is 1. The Morgan fingerprint density at radius 3 is 2.63 bits per heavy atom. The van der Waals surface area contributed by atoms with Crippen LogP contribution in [0, 0.1) is 0 Å². The maximum absolute atomic E-state index is 12.7. The van der Waals surface area contributed by atoms with Gasteiger partial charge in [-0.2, -0.15) is 0 Å². The van der Waals surface area contributed by atoms with Crippen LogP contribution < -0.4 is 0 Å². The summed E-state index contributed by atoms with van der Waals surface area (Å²) in [4.78, 5) is 33.5. The SMILES string of the molecule is CN1CCCC1C(=O)N1CCN(Cc2cccc3cc(C(=O)O)[nH]c23)CC1. The van der Waals surface area contributed by atoms with Gasteiger partial charge in [-0.1, -0.05) is 18.2 Å². The second kappa shape index (κ2) is 7.32. The zero-order valence-corrected chi connectivity index (χ0v) is 15.6. The lowest BCUT2D eigenvalue weighted by atomic mass is 10.1. The molecule has 1 unspecified atom stereocenters. The second-order valence-corrected chi connectivity index (χ2v) is 7.61. The zero-order valence-electron chi connectivity index (χ0n) is 15.6. The number of rotatable bonds is 4. The van der Waals surface area contributed by atoms with E-state index in [1.54, 1.807) is 6.07 Å². The van der Waals surface area contributed by atoms with E-state index in [1.807, 2.05) is 30.1 Å². The van der Waals surface area contributed by atoms with E-state index in [9.17, 15) is 14.7 Å². The fourth-order valence-corrected chi connectivity index (χ4v) is 4.27. The van der Waals surface area contributed by atoms with Gasteiger partial charge in [-0.15, -0.1) is 0 Å². The van der Waals surface area contributed by atoms with Crippen molar-refractivity contribution in [2.24, 2.45) is 0 Å². The summed E-state index contributed by atoms with van der Waals surface area (Å²) in [7, 11) is 2.04. The molecule has 2 aliphatic rings. The smallest absolute Gasteiger partial charge is 0.352 e. The van der Waals surface area contributed by atoms with E-state index >= 15 is 0 Å². The standard InChI is InChI=1S/C20H26N4O3/c1-22-7-3-6-17(22)19(25)24-10-8-23(9-11-24)13-15-5-2-4-14-12-16(20(26)27)21-18(14)15/h2,4-5,12,17,21H,3,6-11,13H2,1H3,(H,26,27). The van der Waals surface area contributed by atoms with Crippen LogP contribution >= 0.6 is 0 Å². The molecule has 7 heteroatoms. The van der Waals surface area contributed by atoms with E-state index in [0.717, 1.165) is 68.6 Å². The maximum atomic E-state index is 12.7. The highest BCUT2D eigenvalue weighted by molar-refractivity contribution is 5.94. The normalized spacial score (nSPS) is 21.8. The monoisotopic (exact) mass is 370 g/mol. The number of carboxylic acids is 1. The highest BCUT2D eigenvalue weighted by Crippen LogP contribution is 2.22. The molecule has 2 fully saturated rings. The lowest BCUT2D eigenvalue weighted by Crippen LogP contribution is -2.52. The molecule has 1 aromatic heterocycles. The van der Waals surface area contributed by atoms with Crippen LogP contribution in [0.4, 0.5) is 0 Å². The van der Waals surface area contributed by atoms with Gasteiger partial charge in [0.15, 0.2) is 0 Å². The number of amides is 1. The van der Waals surface area contributed by atoms with Crippen LogP contribution in [0.15, 0.2) is 24.3 Å². The summed E-state index contributed by atoms with van der Waals surface area (Å²) in [5.41, 5.74) is 2.20. The molecule has 27 heavy (non-hydrogen) atoms. The largest absolute Gasteiger partial charge is 0.477 e. The molecule has 0 bridgehead atoms. The van der Waals surface area contributed by atoms with Crippen molar-refractivity contribution in [2.75, 3.05) is 39.8 Å². The van der Waals surface area contributed by atoms with Gasteiger partial charge in [-0.05, 0) is 38.1 Å². The van der Waals surface area contributed by atoms with Gasteiger partial charge in [0, 0.05) is 38.1 Å². The molecular weight excluding hydrogens is 344 g/mol. The van der Waals surface area contributed by atoms with Gasteiger partial charge in [-0.25, -0.2) is 4.79 Å². The molecule has 2 saturated heterocycles. The van der Waals surface area contributed by atoms with Crippen LogP contribution in [0.1, 0.15) is 28.9 Å². The van der Waals surface area contributed by atoms with Gasteiger partial charge in [0.05, 0.1) is 11.6 Å². The van der Waals surface area contributed by atoms with E-state index in [4.69, 9.17) is 0 Å². The number of aromatic nitrogens is 1. The Bertz CT molecular complexity index is 854. The first-order chi connectivity index (χ1) is 13.0. The maximum Gasteiger partial charge on any atom is 0.352 e. The molecule has 4 rings (SSSR count). The van der Waals surface area contributed by atoms with Crippen LogP contribution in [-0.2, 0) is 11.3 Å². The number of para-hydroxylation sites is 1. The van der Waals surface area contributed by atoms with Gasteiger partial charge < -0.3 is 15.0 Å². The average molecular weight is 370 g/mol. The van der Waals surface area contributed by atoms with Crippen molar-refractivity contribution in [3.63, 3.8) is 0 Å². The number of aromatic carboxylic acids is 1. The van der Waals surface area contributed by atoms with E-state index < -0.39 is 5.97 Å². The number of hydrogen-bond acceptors (Lipinski definition) is 4. The van der Waals surface area contributed by atoms with Crippen molar-refractivity contribution in [3.8, 4) is 0 Å². The van der Waals surface area contributed by atoms with Crippen LogP contribution in [0.25, 0.3) is 10.9 Å². The molecule has 144 valence electrons. The van der Waals surface area contributed by atoms with Crippen molar-refractivity contribution in [1.82, 2.24) is 19.7 Å². The molecule has 2 N–H and O–H groups in total. The molecule has 3 heterocycles. The van der Waals surface area contributed by atoms with Crippen molar-refractivity contribution in [1.29, 1.82) is 0 Å². The van der Waals surface area contributed by atoms with Crippen LogP contribution in [0.5, 0.6) is 0 Å². The quantitative estimate of drug-likeness (QED) is 0.855. The van der Waals surface area contributed by atoms with Crippen LogP contribution in [-0.4, -0.2) is 82.5 Å². The highest BCUT2D eigenvalue weighted by Gasteiger charge is 2.32. The average Bonchev–Trinajstić information content (AvgIpc) is 3.28. The number of nitrogens with zero attached hydrogens (tertiary/aromatic N) is 3. The van der Waals surface area contributed by atoms with E-state index in [-0.39, 0.29) is 17.6 Å². The lowest BCUT2D eigenvalue weighted by Gasteiger charge is -2.37. The Labute approximate surface area is 158 Å². The third-order valence-corrected chi connectivity index (χ3v) is 5.86. The third kappa shape index (κ3) is 3.57. The number of aromatic amines is 1. The number of fused-ring (bicyclic) bond motifs is 1. The predicted octanol–water partition coefficient (Wildman–Crippen LogP) is 1.60. The predicted molar refractivity (Wildman–Crippen MR) is 103 cm³/mol. The summed E-state index contributed by atoms with van der Waals surface area (Å²) >= 11 is 0. The molecule has 1 atom stereocenters. The summed E-state index contributed by atoms with van der Waals surface area (Å²) in [6, 6.07) is 7.66. The number of carboxylic acid groups (broad SMARTS) is 1. The molecule has 0 spiro atoms. The van der Waals surface area contributed by atoms with Gasteiger partial charge >= 0.3 is 5.97 Å². The summed E-state index contributed by atoms with van der Waals surface area (Å²) in [6.45, 7) is 4.95. The van der Waals surface area contributed by atoms with Crippen molar-refractivity contribution < 1.29 is 14.7 Å². The van der Waals surface area contributed by atoms with Gasteiger partial charge in [-0.3, -0.25) is 14.6 Å². The summed E-state index contributed by atoms with van der Waals surface area (Å²) in [6.07, 6.45) is 2.07. The summed E-state index contributed by atoms with van der Waals surface area (Å²) < 4.78 is 0. The number of piperazine rings is 1.